The summed E-state index contributed by atoms with van der Waals surface area (Å²) in [6, 6.07) is 3.85. The second-order valence-electron chi connectivity index (χ2n) is 3.90. The molecule has 0 aliphatic carbocycles. The van der Waals surface area contributed by atoms with Crippen LogP contribution in [0.3, 0.4) is 0 Å². The first kappa shape index (κ1) is 12.9. The molecule has 1 aromatic rings. The Morgan fingerprint density at radius 2 is 2.06 bits per heavy atom. The molecule has 0 atom stereocenters. The summed E-state index contributed by atoms with van der Waals surface area (Å²) in [5.41, 5.74) is 0.924. The van der Waals surface area contributed by atoms with Gasteiger partial charge in [0.15, 0.2) is 0 Å². The number of hydrogen-bond acceptors (Lipinski definition) is 5. The molecule has 90 valence electrons. The van der Waals surface area contributed by atoms with Crippen LogP contribution in [0.5, 0.6) is 0 Å². The van der Waals surface area contributed by atoms with Crippen molar-refractivity contribution in [2.45, 2.75) is 6.92 Å². The highest BCUT2D eigenvalue weighted by Gasteiger charge is 1.94. The summed E-state index contributed by atoms with van der Waals surface area (Å²) in [6.07, 6.45) is 0. The normalized spacial score (nSPS) is 10.8. The number of hydrogen-bond donors (Lipinski definition) is 1. The van der Waals surface area contributed by atoms with Crippen LogP contribution in [0, 0.1) is 6.92 Å². The summed E-state index contributed by atoms with van der Waals surface area (Å²) in [7, 11) is 4.06. The van der Waals surface area contributed by atoms with E-state index in [9.17, 15) is 0 Å². The van der Waals surface area contributed by atoms with Crippen molar-refractivity contribution in [2.24, 2.45) is 0 Å². The van der Waals surface area contributed by atoms with Crippen molar-refractivity contribution < 1.29 is 4.74 Å². The van der Waals surface area contributed by atoms with Gasteiger partial charge in [-0.25, -0.2) is 0 Å². The molecule has 0 aliphatic heterocycles. The Labute approximate surface area is 96.8 Å². The van der Waals surface area contributed by atoms with Crippen molar-refractivity contribution in [3.8, 4) is 0 Å². The first-order chi connectivity index (χ1) is 7.68. The fraction of sp³-hybridized carbons (Fsp3) is 0.636. The topological polar surface area (TPSA) is 50.3 Å². The van der Waals surface area contributed by atoms with Crippen LogP contribution in [0.15, 0.2) is 12.1 Å². The smallest absolute Gasteiger partial charge is 0.148 e. The lowest BCUT2D eigenvalue weighted by Gasteiger charge is -2.10. The van der Waals surface area contributed by atoms with E-state index in [4.69, 9.17) is 4.74 Å². The lowest BCUT2D eigenvalue weighted by atomic mass is 10.4. The van der Waals surface area contributed by atoms with Gasteiger partial charge in [0.05, 0.1) is 18.9 Å². The van der Waals surface area contributed by atoms with Crippen molar-refractivity contribution in [3.05, 3.63) is 17.8 Å². The molecule has 0 aliphatic rings. The van der Waals surface area contributed by atoms with Crippen molar-refractivity contribution in [2.75, 3.05) is 45.7 Å². The molecule has 0 radical (unpaired) electrons. The molecule has 0 saturated carbocycles. The summed E-state index contributed by atoms with van der Waals surface area (Å²) in [5, 5.41) is 11.1. The van der Waals surface area contributed by atoms with E-state index < -0.39 is 0 Å². The minimum atomic E-state index is 0.684. The molecule has 1 N–H and O–H groups in total. The average Bonchev–Trinajstić information content (AvgIpc) is 2.25. The maximum absolute atomic E-state index is 5.44. The van der Waals surface area contributed by atoms with Crippen molar-refractivity contribution in [3.63, 3.8) is 0 Å². The first-order valence-corrected chi connectivity index (χ1v) is 5.45. The number of ether oxygens (including phenoxy) is 1. The molecule has 0 aromatic carbocycles. The molecule has 1 rings (SSSR count). The molecule has 0 bridgehead atoms. The highest BCUT2D eigenvalue weighted by atomic mass is 16.5. The lowest BCUT2D eigenvalue weighted by Crippen LogP contribution is -2.20. The summed E-state index contributed by atoms with van der Waals surface area (Å²) < 4.78 is 5.44. The summed E-state index contributed by atoms with van der Waals surface area (Å²) in [6.45, 7) is 5.06. The molecular weight excluding hydrogens is 204 g/mol. The zero-order chi connectivity index (χ0) is 11.8. The van der Waals surface area contributed by atoms with E-state index in [0.717, 1.165) is 31.2 Å². The fourth-order valence-corrected chi connectivity index (χ4v) is 1.09. The minimum Gasteiger partial charge on any atom is -0.378 e. The third-order valence-electron chi connectivity index (χ3n) is 2.03. The Hall–Kier alpha value is -1.20. The number of likely N-dealkylation sites (N-methyl/N-ethyl adjacent to an activating group) is 1. The van der Waals surface area contributed by atoms with Crippen LogP contribution in [-0.2, 0) is 4.74 Å². The predicted octanol–water partition coefficient (Wildman–Crippen LogP) is 0.775. The summed E-state index contributed by atoms with van der Waals surface area (Å²) >= 11 is 0. The molecular formula is C11H20N4O. The van der Waals surface area contributed by atoms with Crippen LogP contribution in [0.2, 0.25) is 0 Å². The van der Waals surface area contributed by atoms with E-state index in [1.807, 2.05) is 33.2 Å². The molecule has 1 heterocycles. The Bertz CT molecular complexity index is 287. The predicted molar refractivity (Wildman–Crippen MR) is 64.6 cm³/mol. The highest BCUT2D eigenvalue weighted by molar-refractivity contribution is 5.32. The molecule has 0 fully saturated rings. The largest absolute Gasteiger partial charge is 0.378 e. The number of nitrogens with one attached hydrogen (secondary N) is 1. The lowest BCUT2D eigenvalue weighted by molar-refractivity contribution is 0.126. The molecule has 1 aromatic heterocycles. The van der Waals surface area contributed by atoms with Gasteiger partial charge in [-0.1, -0.05) is 0 Å². The highest BCUT2D eigenvalue weighted by Crippen LogP contribution is 1.99. The Morgan fingerprint density at radius 3 is 2.69 bits per heavy atom. The van der Waals surface area contributed by atoms with Crippen LogP contribution in [0.4, 0.5) is 5.82 Å². The molecule has 0 spiro atoms. The number of anilines is 1. The van der Waals surface area contributed by atoms with E-state index in [-0.39, 0.29) is 0 Å². The number of aryl methyl sites for hydroxylation is 1. The minimum absolute atomic E-state index is 0.684. The van der Waals surface area contributed by atoms with E-state index >= 15 is 0 Å². The number of rotatable bonds is 7. The SMILES string of the molecule is Cc1ccc(NCCOCCN(C)C)nn1. The molecule has 16 heavy (non-hydrogen) atoms. The molecule has 0 saturated heterocycles. The molecule has 5 nitrogen and oxygen atoms in total. The van der Waals surface area contributed by atoms with Crippen LogP contribution in [0.1, 0.15) is 5.69 Å². The number of nitrogens with zero attached hydrogens (tertiary/aromatic N) is 3. The standard InChI is InChI=1S/C11H20N4O/c1-10-4-5-11(14-13-10)12-6-8-16-9-7-15(2)3/h4-5H,6-9H2,1-3H3,(H,12,14). The zero-order valence-electron chi connectivity index (χ0n) is 10.2. The maximum Gasteiger partial charge on any atom is 0.148 e. The van der Waals surface area contributed by atoms with Crippen LogP contribution >= 0.6 is 0 Å². The van der Waals surface area contributed by atoms with E-state index in [0.29, 0.717) is 6.61 Å². The van der Waals surface area contributed by atoms with Crippen molar-refractivity contribution in [1.82, 2.24) is 15.1 Å². The van der Waals surface area contributed by atoms with Crippen molar-refractivity contribution >= 4 is 5.82 Å². The monoisotopic (exact) mass is 224 g/mol. The maximum atomic E-state index is 5.44. The van der Waals surface area contributed by atoms with Gasteiger partial charge < -0.3 is 15.0 Å². The van der Waals surface area contributed by atoms with E-state index in [2.05, 4.69) is 20.4 Å². The van der Waals surface area contributed by atoms with Gasteiger partial charge in [-0.15, -0.1) is 5.10 Å². The molecule has 5 heteroatoms. The van der Waals surface area contributed by atoms with Crippen molar-refractivity contribution in [1.29, 1.82) is 0 Å². The Balaban J connectivity index is 2.05. The van der Waals surface area contributed by atoms with Gasteiger partial charge >= 0.3 is 0 Å². The number of aromatic nitrogens is 2. The van der Waals surface area contributed by atoms with E-state index in [1.54, 1.807) is 0 Å². The first-order valence-electron chi connectivity index (χ1n) is 5.45. The van der Waals surface area contributed by atoms with Gasteiger partial charge in [-0.05, 0) is 33.2 Å². The second kappa shape index (κ2) is 7.14. The summed E-state index contributed by atoms with van der Waals surface area (Å²) in [5.74, 6) is 0.793. The fourth-order valence-electron chi connectivity index (χ4n) is 1.09. The average molecular weight is 224 g/mol. The Kier molecular flexibility index (Phi) is 5.74. The quantitative estimate of drug-likeness (QED) is 0.693. The zero-order valence-corrected chi connectivity index (χ0v) is 10.2. The van der Waals surface area contributed by atoms with Gasteiger partial charge in [0.2, 0.25) is 0 Å². The second-order valence-corrected chi connectivity index (χ2v) is 3.90. The van der Waals surface area contributed by atoms with Crippen LogP contribution in [0.25, 0.3) is 0 Å². The molecule has 0 unspecified atom stereocenters. The Morgan fingerprint density at radius 1 is 1.25 bits per heavy atom. The van der Waals surface area contributed by atoms with Gasteiger partial charge in [0.1, 0.15) is 5.82 Å². The van der Waals surface area contributed by atoms with Crippen LogP contribution < -0.4 is 5.32 Å². The summed E-state index contributed by atoms with van der Waals surface area (Å²) in [4.78, 5) is 2.10. The molecule has 0 amide bonds. The van der Waals surface area contributed by atoms with Gasteiger partial charge in [0.25, 0.3) is 0 Å². The van der Waals surface area contributed by atoms with Gasteiger partial charge in [-0.2, -0.15) is 5.10 Å². The van der Waals surface area contributed by atoms with Gasteiger partial charge in [0, 0.05) is 13.1 Å². The van der Waals surface area contributed by atoms with Crippen LogP contribution in [-0.4, -0.2) is 55.5 Å². The third-order valence-corrected chi connectivity index (χ3v) is 2.03. The van der Waals surface area contributed by atoms with E-state index in [1.165, 1.54) is 0 Å². The third kappa shape index (κ3) is 5.63. The van der Waals surface area contributed by atoms with Gasteiger partial charge in [-0.3, -0.25) is 0 Å².